The van der Waals surface area contributed by atoms with E-state index in [9.17, 15) is 0 Å². The number of hydrogen-bond donors (Lipinski definition) is 1. The van der Waals surface area contributed by atoms with E-state index >= 15 is 0 Å². The molecule has 0 radical (unpaired) electrons. The van der Waals surface area contributed by atoms with Crippen LogP contribution < -0.4 is 26.4 Å². The van der Waals surface area contributed by atoms with Crippen LogP contribution in [0.1, 0.15) is 0 Å². The Bertz CT molecular complexity index is 1660. The van der Waals surface area contributed by atoms with Crippen LogP contribution in [-0.2, 0) is 0 Å². The summed E-state index contributed by atoms with van der Waals surface area (Å²) < 4.78 is 8.90. The highest BCUT2D eigenvalue weighted by Crippen LogP contribution is 2.37. The van der Waals surface area contributed by atoms with E-state index in [1.165, 1.54) is 38.2 Å². The SMILES string of the molecule is c1ccc2c(c1)Nc1cc(-n3c4ccccc4c4ccccc43)cc3c1B2c1ccccc1O3. The van der Waals surface area contributed by atoms with Crippen LogP contribution in [0.5, 0.6) is 11.5 Å². The second kappa shape index (κ2) is 6.55. The Morgan fingerprint density at radius 2 is 1.24 bits per heavy atom. The molecule has 8 rings (SSSR count). The van der Waals surface area contributed by atoms with E-state index in [0.29, 0.717) is 0 Å². The van der Waals surface area contributed by atoms with Gasteiger partial charge in [-0.3, -0.25) is 0 Å². The molecule has 3 nitrogen and oxygen atoms in total. The van der Waals surface area contributed by atoms with E-state index in [-0.39, 0.29) is 6.71 Å². The highest BCUT2D eigenvalue weighted by molar-refractivity contribution is 6.99. The van der Waals surface area contributed by atoms with Gasteiger partial charge in [-0.2, -0.15) is 0 Å². The molecule has 6 aromatic rings. The number of nitrogens with one attached hydrogen (secondary N) is 1. The molecule has 1 N–H and O–H groups in total. The first-order chi connectivity index (χ1) is 16.9. The van der Waals surface area contributed by atoms with Gasteiger partial charge in [0.25, 0.3) is 6.71 Å². The number of benzene rings is 5. The molecule has 2 aliphatic heterocycles. The number of aromatic nitrogens is 1. The second-order valence-corrected chi connectivity index (χ2v) is 9.06. The normalized spacial score (nSPS) is 13.1. The minimum absolute atomic E-state index is 0.152. The Labute approximate surface area is 197 Å². The van der Waals surface area contributed by atoms with E-state index in [2.05, 4.69) is 119 Å². The van der Waals surface area contributed by atoms with Gasteiger partial charge in [0.1, 0.15) is 11.5 Å². The lowest BCUT2D eigenvalue weighted by atomic mass is 9.34. The first kappa shape index (κ1) is 18.0. The van der Waals surface area contributed by atoms with Crippen LogP contribution in [0.25, 0.3) is 27.5 Å². The number of fused-ring (bicyclic) bond motifs is 7. The zero-order chi connectivity index (χ0) is 22.2. The van der Waals surface area contributed by atoms with Crippen LogP contribution in [-0.4, -0.2) is 11.3 Å². The first-order valence-electron chi connectivity index (χ1n) is 11.7. The topological polar surface area (TPSA) is 26.2 Å². The molecule has 3 heterocycles. The molecule has 2 aliphatic rings. The molecule has 4 heteroatoms. The summed E-state index contributed by atoms with van der Waals surface area (Å²) in [5.41, 5.74) is 9.46. The van der Waals surface area contributed by atoms with E-state index in [0.717, 1.165) is 28.6 Å². The van der Waals surface area contributed by atoms with E-state index < -0.39 is 0 Å². The molecule has 0 aliphatic carbocycles. The lowest BCUT2D eigenvalue weighted by Crippen LogP contribution is -2.58. The van der Waals surface area contributed by atoms with Crippen molar-refractivity contribution in [3.63, 3.8) is 0 Å². The molecule has 0 atom stereocenters. The van der Waals surface area contributed by atoms with Crippen molar-refractivity contribution < 1.29 is 4.74 Å². The van der Waals surface area contributed by atoms with Crippen molar-refractivity contribution >= 4 is 56.3 Å². The van der Waals surface area contributed by atoms with Crippen molar-refractivity contribution in [1.82, 2.24) is 4.57 Å². The molecule has 0 spiro atoms. The fourth-order valence-corrected chi connectivity index (χ4v) is 5.84. The third-order valence-electron chi connectivity index (χ3n) is 7.24. The predicted molar refractivity (Wildman–Crippen MR) is 142 cm³/mol. The molecule has 5 aromatic carbocycles. The highest BCUT2D eigenvalue weighted by atomic mass is 16.5. The summed E-state index contributed by atoms with van der Waals surface area (Å²) in [5.74, 6) is 1.85. The standard InChI is InChI=1S/C30H19BN2O/c1-6-14-26-20(9-1)21-10-2-7-15-27(21)33(26)19-17-25-30-29(18-19)34-28-16-8-4-12-23(28)31(30)22-11-3-5-13-24(22)32-25/h1-18,32H. The van der Waals surface area contributed by atoms with E-state index in [1.54, 1.807) is 0 Å². The molecule has 0 bridgehead atoms. The molecule has 0 amide bonds. The third kappa shape index (κ3) is 2.32. The monoisotopic (exact) mass is 434 g/mol. The van der Waals surface area contributed by atoms with Crippen LogP contribution in [0, 0.1) is 0 Å². The van der Waals surface area contributed by atoms with Gasteiger partial charge in [-0.1, -0.05) is 72.8 Å². The van der Waals surface area contributed by atoms with Gasteiger partial charge in [0.05, 0.1) is 16.7 Å². The minimum atomic E-state index is 0.152. The largest absolute Gasteiger partial charge is 0.458 e. The van der Waals surface area contributed by atoms with Gasteiger partial charge >= 0.3 is 0 Å². The Morgan fingerprint density at radius 3 is 2.03 bits per heavy atom. The van der Waals surface area contributed by atoms with Crippen molar-refractivity contribution in [3.05, 3.63) is 109 Å². The Hall–Kier alpha value is -4.44. The van der Waals surface area contributed by atoms with Crippen LogP contribution in [0.4, 0.5) is 11.4 Å². The molecule has 34 heavy (non-hydrogen) atoms. The number of rotatable bonds is 1. The predicted octanol–water partition coefficient (Wildman–Crippen LogP) is 5.46. The summed E-state index contributed by atoms with van der Waals surface area (Å²) in [6, 6.07) is 38.7. The Balaban J connectivity index is 1.45. The average molecular weight is 434 g/mol. The zero-order valence-electron chi connectivity index (χ0n) is 18.3. The van der Waals surface area contributed by atoms with E-state index in [1.807, 2.05) is 0 Å². The maximum absolute atomic E-state index is 6.55. The minimum Gasteiger partial charge on any atom is -0.458 e. The van der Waals surface area contributed by atoms with Gasteiger partial charge in [0.2, 0.25) is 0 Å². The van der Waals surface area contributed by atoms with Crippen LogP contribution >= 0.6 is 0 Å². The van der Waals surface area contributed by atoms with Crippen molar-refractivity contribution in [3.8, 4) is 17.2 Å². The molecule has 0 saturated carbocycles. The van der Waals surface area contributed by atoms with Crippen molar-refractivity contribution in [1.29, 1.82) is 0 Å². The first-order valence-corrected chi connectivity index (χ1v) is 11.7. The number of anilines is 2. The lowest BCUT2D eigenvalue weighted by molar-refractivity contribution is 0.487. The second-order valence-electron chi connectivity index (χ2n) is 9.06. The lowest BCUT2D eigenvalue weighted by Gasteiger charge is -2.34. The van der Waals surface area contributed by atoms with E-state index in [4.69, 9.17) is 4.74 Å². The van der Waals surface area contributed by atoms with Gasteiger partial charge in [0.15, 0.2) is 0 Å². The van der Waals surface area contributed by atoms with Crippen LogP contribution in [0.3, 0.4) is 0 Å². The van der Waals surface area contributed by atoms with Crippen LogP contribution in [0.2, 0.25) is 0 Å². The quantitative estimate of drug-likeness (QED) is 0.347. The van der Waals surface area contributed by atoms with Crippen LogP contribution in [0.15, 0.2) is 109 Å². The molecule has 0 unspecified atom stereocenters. The summed E-state index contributed by atoms with van der Waals surface area (Å²) in [5, 5.41) is 6.23. The van der Waals surface area contributed by atoms with Gasteiger partial charge in [-0.05, 0) is 46.7 Å². The Morgan fingerprint density at radius 1 is 0.588 bits per heavy atom. The third-order valence-corrected chi connectivity index (χ3v) is 7.24. The molecular weight excluding hydrogens is 415 g/mol. The molecule has 1 aromatic heterocycles. The number of para-hydroxylation sites is 4. The summed E-state index contributed by atoms with van der Waals surface area (Å²) in [6.07, 6.45) is 0. The average Bonchev–Trinajstić information content (AvgIpc) is 3.23. The summed E-state index contributed by atoms with van der Waals surface area (Å²) >= 11 is 0. The van der Waals surface area contributed by atoms with Gasteiger partial charge < -0.3 is 14.6 Å². The number of nitrogens with zero attached hydrogens (tertiary/aromatic N) is 1. The van der Waals surface area contributed by atoms with Gasteiger partial charge in [-0.15, -0.1) is 0 Å². The van der Waals surface area contributed by atoms with Gasteiger partial charge in [0, 0.05) is 28.2 Å². The van der Waals surface area contributed by atoms with Gasteiger partial charge in [-0.25, -0.2) is 0 Å². The van der Waals surface area contributed by atoms with Crippen molar-refractivity contribution in [2.75, 3.05) is 5.32 Å². The number of hydrogen-bond acceptors (Lipinski definition) is 2. The highest BCUT2D eigenvalue weighted by Gasteiger charge is 2.38. The number of ether oxygens (including phenoxy) is 1. The molecular formula is C30H19BN2O. The maximum atomic E-state index is 6.55. The van der Waals surface area contributed by atoms with Crippen molar-refractivity contribution in [2.45, 2.75) is 0 Å². The smallest absolute Gasteiger partial charge is 0.256 e. The Kier molecular flexibility index (Phi) is 3.48. The molecule has 0 fully saturated rings. The zero-order valence-corrected chi connectivity index (χ0v) is 18.3. The summed E-state index contributed by atoms with van der Waals surface area (Å²) in [7, 11) is 0. The molecule has 0 saturated heterocycles. The van der Waals surface area contributed by atoms with Crippen molar-refractivity contribution in [2.24, 2.45) is 0 Å². The fraction of sp³-hybridized carbons (Fsp3) is 0. The fourth-order valence-electron chi connectivity index (χ4n) is 5.84. The summed E-state index contributed by atoms with van der Waals surface area (Å²) in [4.78, 5) is 0. The molecule has 158 valence electrons. The summed E-state index contributed by atoms with van der Waals surface area (Å²) in [6.45, 7) is 0.152. The maximum Gasteiger partial charge on any atom is 0.256 e.